The number of nitrogens with two attached hydrogens (primary N) is 1. The van der Waals surface area contributed by atoms with E-state index >= 15 is 0 Å². The lowest BCUT2D eigenvalue weighted by Crippen LogP contribution is -2.15. The number of hydrogen-bond acceptors (Lipinski definition) is 4. The maximum absolute atomic E-state index is 5.46. The van der Waals surface area contributed by atoms with Crippen LogP contribution >= 0.6 is 15.9 Å². The lowest BCUT2D eigenvalue weighted by molar-refractivity contribution is 0.986. The van der Waals surface area contributed by atoms with Crippen molar-refractivity contribution in [3.63, 3.8) is 0 Å². The van der Waals surface area contributed by atoms with Crippen LogP contribution in [0.3, 0.4) is 0 Å². The summed E-state index contributed by atoms with van der Waals surface area (Å²) < 4.78 is 1.13. The molecule has 92 valence electrons. The summed E-state index contributed by atoms with van der Waals surface area (Å²) in [5.74, 6) is 0.645. The molecule has 1 heterocycles. The molecule has 0 aliphatic heterocycles. The van der Waals surface area contributed by atoms with Gasteiger partial charge in [-0.25, -0.2) is 9.97 Å². The second kappa shape index (κ2) is 4.66. The van der Waals surface area contributed by atoms with E-state index < -0.39 is 0 Å². The summed E-state index contributed by atoms with van der Waals surface area (Å²) in [5.41, 5.74) is 10.1. The first-order valence-corrected chi connectivity index (χ1v) is 6.66. The molecular formula is C13H13BrN4. The van der Waals surface area contributed by atoms with Gasteiger partial charge in [0.05, 0.1) is 5.69 Å². The minimum Gasteiger partial charge on any atom is -0.353 e. The Kier molecular flexibility index (Phi) is 3.01. The van der Waals surface area contributed by atoms with Gasteiger partial charge in [-0.2, -0.15) is 0 Å². The monoisotopic (exact) mass is 304 g/mol. The molecule has 4 nitrogen and oxygen atoms in total. The molecule has 0 bridgehead atoms. The molecule has 3 N–H and O–H groups in total. The lowest BCUT2D eigenvalue weighted by Gasteiger charge is -2.05. The van der Waals surface area contributed by atoms with Crippen molar-refractivity contribution in [3.05, 3.63) is 40.0 Å². The van der Waals surface area contributed by atoms with E-state index in [0.717, 1.165) is 16.6 Å². The molecule has 0 saturated heterocycles. The second-order valence-corrected chi connectivity index (χ2v) is 5.08. The molecule has 0 unspecified atom stereocenters. The number of halogens is 1. The van der Waals surface area contributed by atoms with E-state index in [-0.39, 0.29) is 0 Å². The minimum atomic E-state index is 0.572. The van der Waals surface area contributed by atoms with Crippen LogP contribution in [0.15, 0.2) is 28.9 Å². The molecular weight excluding hydrogens is 292 g/mol. The number of hydrogen-bond donors (Lipinski definition) is 2. The summed E-state index contributed by atoms with van der Waals surface area (Å²) in [6.07, 6.45) is 2.79. The van der Waals surface area contributed by atoms with Crippen LogP contribution in [0.1, 0.15) is 11.1 Å². The zero-order chi connectivity index (χ0) is 12.5. The van der Waals surface area contributed by atoms with Crippen LogP contribution in [0.25, 0.3) is 11.3 Å². The van der Waals surface area contributed by atoms with Gasteiger partial charge in [0.1, 0.15) is 0 Å². The first kappa shape index (κ1) is 11.6. The van der Waals surface area contributed by atoms with Crippen LogP contribution in [0.5, 0.6) is 0 Å². The van der Waals surface area contributed by atoms with E-state index in [2.05, 4.69) is 43.3 Å². The Balaban J connectivity index is 2.03. The molecule has 5 heteroatoms. The second-order valence-electron chi connectivity index (χ2n) is 4.23. The molecule has 2 aromatic rings. The van der Waals surface area contributed by atoms with E-state index in [4.69, 9.17) is 5.73 Å². The first-order chi connectivity index (χ1) is 8.79. The summed E-state index contributed by atoms with van der Waals surface area (Å²) in [6.45, 7) is 1.26. The quantitative estimate of drug-likeness (QED) is 0.778. The highest BCUT2D eigenvalue weighted by molar-refractivity contribution is 9.10. The van der Waals surface area contributed by atoms with Gasteiger partial charge in [0.15, 0.2) is 0 Å². The SMILES string of the molecule is NCCNc1ncc2c(n1)-c1cccc(Br)c1C2. The fourth-order valence-corrected chi connectivity index (χ4v) is 2.70. The smallest absolute Gasteiger partial charge is 0.223 e. The molecule has 0 spiro atoms. The third-order valence-corrected chi connectivity index (χ3v) is 3.78. The number of anilines is 1. The summed E-state index contributed by atoms with van der Waals surface area (Å²) in [5, 5.41) is 3.11. The molecule has 18 heavy (non-hydrogen) atoms. The Morgan fingerprint density at radius 2 is 2.28 bits per heavy atom. The number of benzene rings is 1. The highest BCUT2D eigenvalue weighted by atomic mass is 79.9. The van der Waals surface area contributed by atoms with Crippen LogP contribution in [0.4, 0.5) is 5.95 Å². The van der Waals surface area contributed by atoms with Crippen molar-refractivity contribution in [2.75, 3.05) is 18.4 Å². The number of nitrogens with zero attached hydrogens (tertiary/aromatic N) is 2. The predicted molar refractivity (Wildman–Crippen MR) is 75.5 cm³/mol. The Morgan fingerprint density at radius 1 is 1.39 bits per heavy atom. The van der Waals surface area contributed by atoms with Gasteiger partial charge >= 0.3 is 0 Å². The molecule has 0 amide bonds. The van der Waals surface area contributed by atoms with E-state index in [1.807, 2.05) is 12.3 Å². The maximum Gasteiger partial charge on any atom is 0.223 e. The van der Waals surface area contributed by atoms with Crippen molar-refractivity contribution in [1.29, 1.82) is 0 Å². The van der Waals surface area contributed by atoms with Crippen LogP contribution in [-0.4, -0.2) is 23.1 Å². The Labute approximate surface area is 114 Å². The summed E-state index contributed by atoms with van der Waals surface area (Å²) in [6, 6.07) is 6.20. The fourth-order valence-electron chi connectivity index (χ4n) is 2.19. The predicted octanol–water partition coefficient (Wildman–Crippen LogP) is 2.18. The van der Waals surface area contributed by atoms with Crippen LogP contribution < -0.4 is 11.1 Å². The Hall–Kier alpha value is -1.46. The number of aromatic nitrogens is 2. The average Bonchev–Trinajstić information content (AvgIpc) is 2.76. The van der Waals surface area contributed by atoms with Crippen LogP contribution in [0, 0.1) is 0 Å². The topological polar surface area (TPSA) is 63.8 Å². The molecule has 1 aromatic carbocycles. The standard InChI is InChI=1S/C13H13BrN4/c14-11-3-1-2-9-10(11)6-8-7-17-13(16-5-4-15)18-12(8)9/h1-3,7H,4-6,15H2,(H,16,17,18). The molecule has 3 rings (SSSR count). The highest BCUT2D eigenvalue weighted by Crippen LogP contribution is 2.38. The highest BCUT2D eigenvalue weighted by Gasteiger charge is 2.22. The van der Waals surface area contributed by atoms with Crippen molar-refractivity contribution in [1.82, 2.24) is 9.97 Å². The van der Waals surface area contributed by atoms with Gasteiger partial charge in [0.2, 0.25) is 5.95 Å². The number of nitrogens with one attached hydrogen (secondary N) is 1. The molecule has 1 aromatic heterocycles. The Morgan fingerprint density at radius 3 is 3.11 bits per heavy atom. The van der Waals surface area contributed by atoms with Crippen molar-refractivity contribution >= 4 is 21.9 Å². The number of rotatable bonds is 3. The van der Waals surface area contributed by atoms with Crippen molar-refractivity contribution in [2.45, 2.75) is 6.42 Å². The third kappa shape index (κ3) is 1.89. The van der Waals surface area contributed by atoms with E-state index in [9.17, 15) is 0 Å². The first-order valence-electron chi connectivity index (χ1n) is 5.87. The summed E-state index contributed by atoms with van der Waals surface area (Å²) in [4.78, 5) is 8.88. The molecule has 0 saturated carbocycles. The summed E-state index contributed by atoms with van der Waals surface area (Å²) in [7, 11) is 0. The summed E-state index contributed by atoms with van der Waals surface area (Å²) >= 11 is 3.59. The normalized spacial score (nSPS) is 12.1. The van der Waals surface area contributed by atoms with Crippen molar-refractivity contribution < 1.29 is 0 Å². The van der Waals surface area contributed by atoms with E-state index in [1.165, 1.54) is 16.7 Å². The lowest BCUT2D eigenvalue weighted by atomic mass is 10.1. The van der Waals surface area contributed by atoms with Gasteiger partial charge in [0, 0.05) is 41.3 Å². The van der Waals surface area contributed by atoms with Gasteiger partial charge in [-0.1, -0.05) is 28.1 Å². The van der Waals surface area contributed by atoms with Gasteiger partial charge in [-0.15, -0.1) is 0 Å². The zero-order valence-electron chi connectivity index (χ0n) is 9.78. The van der Waals surface area contributed by atoms with Crippen molar-refractivity contribution in [3.8, 4) is 11.3 Å². The maximum atomic E-state index is 5.46. The molecule has 0 atom stereocenters. The van der Waals surface area contributed by atoms with Crippen molar-refractivity contribution in [2.24, 2.45) is 5.73 Å². The molecule has 1 aliphatic carbocycles. The third-order valence-electron chi connectivity index (χ3n) is 3.03. The van der Waals surface area contributed by atoms with Gasteiger partial charge < -0.3 is 11.1 Å². The minimum absolute atomic E-state index is 0.572. The van der Waals surface area contributed by atoms with Crippen LogP contribution in [-0.2, 0) is 6.42 Å². The largest absolute Gasteiger partial charge is 0.353 e. The van der Waals surface area contributed by atoms with Crippen LogP contribution in [0.2, 0.25) is 0 Å². The molecule has 0 fully saturated rings. The van der Waals surface area contributed by atoms with Gasteiger partial charge in [-0.05, 0) is 11.6 Å². The average molecular weight is 305 g/mol. The fraction of sp³-hybridized carbons (Fsp3) is 0.231. The van der Waals surface area contributed by atoms with E-state index in [1.54, 1.807) is 0 Å². The Bertz CT molecular complexity index is 598. The molecule has 0 radical (unpaired) electrons. The van der Waals surface area contributed by atoms with Gasteiger partial charge in [0.25, 0.3) is 0 Å². The zero-order valence-corrected chi connectivity index (χ0v) is 11.4. The number of fused-ring (bicyclic) bond motifs is 3. The van der Waals surface area contributed by atoms with Gasteiger partial charge in [-0.3, -0.25) is 0 Å². The van der Waals surface area contributed by atoms with E-state index in [0.29, 0.717) is 19.0 Å². The molecule has 1 aliphatic rings.